The van der Waals surface area contributed by atoms with E-state index in [0.717, 1.165) is 30.8 Å². The lowest BCUT2D eigenvalue weighted by atomic mass is 10.0. The second-order valence-electron chi connectivity index (χ2n) is 5.45. The van der Waals surface area contributed by atoms with Gasteiger partial charge in [0.1, 0.15) is 17.2 Å². The van der Waals surface area contributed by atoms with Crippen LogP contribution in [0.15, 0.2) is 48.5 Å². The van der Waals surface area contributed by atoms with Crippen LogP contribution in [-0.4, -0.2) is 30.4 Å². The van der Waals surface area contributed by atoms with Crippen LogP contribution in [0.1, 0.15) is 35.8 Å². The number of benzene rings is 2. The zero-order valence-corrected chi connectivity index (χ0v) is 13.9. The minimum atomic E-state index is -0.855. The summed E-state index contributed by atoms with van der Waals surface area (Å²) in [6, 6.07) is 13.1. The van der Waals surface area contributed by atoms with Crippen LogP contribution < -0.4 is 5.32 Å². The minimum Gasteiger partial charge on any atom is -0.350 e. The fourth-order valence-corrected chi connectivity index (χ4v) is 2.79. The SMILES string of the molecule is CCN(CC)C(CNC(=O)c1c(F)cccc1F)c1ccccc1. The van der Waals surface area contributed by atoms with Gasteiger partial charge in [0.25, 0.3) is 5.91 Å². The molecule has 0 aromatic heterocycles. The standard InChI is InChI=1S/C19H22F2N2O/c1-3-23(4-2)17(14-9-6-5-7-10-14)13-22-19(24)18-15(20)11-8-12-16(18)21/h5-12,17H,3-4,13H2,1-2H3,(H,22,24). The Bertz CT molecular complexity index is 652. The molecule has 0 aliphatic heterocycles. The molecule has 0 bridgehead atoms. The van der Waals surface area contributed by atoms with Gasteiger partial charge in [0.2, 0.25) is 0 Å². The number of nitrogens with one attached hydrogen (secondary N) is 1. The molecule has 0 heterocycles. The summed E-state index contributed by atoms with van der Waals surface area (Å²) in [6.07, 6.45) is 0. The second-order valence-corrected chi connectivity index (χ2v) is 5.45. The van der Waals surface area contributed by atoms with E-state index in [1.165, 1.54) is 6.07 Å². The van der Waals surface area contributed by atoms with Gasteiger partial charge in [-0.05, 0) is 30.8 Å². The topological polar surface area (TPSA) is 32.3 Å². The summed E-state index contributed by atoms with van der Waals surface area (Å²) in [6.45, 7) is 5.97. The molecule has 24 heavy (non-hydrogen) atoms. The van der Waals surface area contributed by atoms with Crippen LogP contribution >= 0.6 is 0 Å². The Hall–Kier alpha value is -2.27. The van der Waals surface area contributed by atoms with Crippen molar-refractivity contribution >= 4 is 5.91 Å². The fraction of sp³-hybridized carbons (Fsp3) is 0.316. The molecule has 0 saturated carbocycles. The molecule has 3 nitrogen and oxygen atoms in total. The van der Waals surface area contributed by atoms with E-state index in [-0.39, 0.29) is 12.6 Å². The fourth-order valence-electron chi connectivity index (χ4n) is 2.79. The van der Waals surface area contributed by atoms with E-state index in [0.29, 0.717) is 0 Å². The summed E-state index contributed by atoms with van der Waals surface area (Å²) in [4.78, 5) is 14.4. The van der Waals surface area contributed by atoms with Gasteiger partial charge in [0.15, 0.2) is 0 Å². The molecule has 1 amide bonds. The maximum absolute atomic E-state index is 13.7. The maximum atomic E-state index is 13.7. The van der Waals surface area contributed by atoms with Crippen LogP contribution in [0.3, 0.4) is 0 Å². The van der Waals surface area contributed by atoms with Crippen molar-refractivity contribution < 1.29 is 13.6 Å². The molecule has 128 valence electrons. The number of carbonyl (C=O) groups excluding carboxylic acids is 1. The number of hydrogen-bond donors (Lipinski definition) is 1. The van der Waals surface area contributed by atoms with E-state index in [2.05, 4.69) is 10.2 Å². The number of rotatable bonds is 7. The van der Waals surface area contributed by atoms with Gasteiger partial charge in [-0.15, -0.1) is 0 Å². The van der Waals surface area contributed by atoms with Crippen LogP contribution in [0.25, 0.3) is 0 Å². The molecular formula is C19H22F2N2O. The molecule has 2 aromatic carbocycles. The first kappa shape index (κ1) is 18.1. The summed E-state index contributed by atoms with van der Waals surface area (Å²) in [5, 5.41) is 2.67. The number of nitrogens with zero attached hydrogens (tertiary/aromatic N) is 1. The lowest BCUT2D eigenvalue weighted by molar-refractivity contribution is 0.0926. The van der Waals surface area contributed by atoms with E-state index in [1.807, 2.05) is 44.2 Å². The number of amides is 1. The number of carbonyl (C=O) groups is 1. The van der Waals surface area contributed by atoms with Crippen molar-refractivity contribution in [2.24, 2.45) is 0 Å². The first-order valence-electron chi connectivity index (χ1n) is 8.09. The third-order valence-corrected chi connectivity index (χ3v) is 4.08. The van der Waals surface area contributed by atoms with Gasteiger partial charge in [0, 0.05) is 6.54 Å². The lowest BCUT2D eigenvalue weighted by Gasteiger charge is -2.30. The monoisotopic (exact) mass is 332 g/mol. The maximum Gasteiger partial charge on any atom is 0.257 e. The summed E-state index contributed by atoms with van der Waals surface area (Å²) in [7, 11) is 0. The van der Waals surface area contributed by atoms with Gasteiger partial charge >= 0.3 is 0 Å². The normalized spacial score (nSPS) is 12.2. The summed E-state index contributed by atoms with van der Waals surface area (Å²) >= 11 is 0. The summed E-state index contributed by atoms with van der Waals surface area (Å²) in [5.74, 6) is -2.45. The summed E-state index contributed by atoms with van der Waals surface area (Å²) in [5.41, 5.74) is 0.513. The minimum absolute atomic E-state index is 0.0556. The van der Waals surface area contributed by atoms with Crippen molar-refractivity contribution in [3.05, 3.63) is 71.3 Å². The van der Waals surface area contributed by atoms with Crippen molar-refractivity contribution in [3.63, 3.8) is 0 Å². The van der Waals surface area contributed by atoms with Gasteiger partial charge in [-0.3, -0.25) is 9.69 Å². The first-order chi connectivity index (χ1) is 11.6. The third kappa shape index (κ3) is 4.17. The van der Waals surface area contributed by atoms with E-state index in [1.54, 1.807) is 0 Å². The Morgan fingerprint density at radius 3 is 2.12 bits per heavy atom. The molecule has 1 unspecified atom stereocenters. The zero-order chi connectivity index (χ0) is 17.5. The largest absolute Gasteiger partial charge is 0.350 e. The predicted octanol–water partition coefficient (Wildman–Crippen LogP) is 3.78. The van der Waals surface area contributed by atoms with Gasteiger partial charge in [-0.2, -0.15) is 0 Å². The van der Waals surface area contributed by atoms with E-state index < -0.39 is 23.1 Å². The molecule has 0 spiro atoms. The highest BCUT2D eigenvalue weighted by molar-refractivity contribution is 5.94. The zero-order valence-electron chi connectivity index (χ0n) is 13.9. The Morgan fingerprint density at radius 2 is 1.58 bits per heavy atom. The molecule has 2 rings (SSSR count). The van der Waals surface area contributed by atoms with Crippen molar-refractivity contribution in [2.75, 3.05) is 19.6 Å². The van der Waals surface area contributed by atoms with Gasteiger partial charge in [-0.25, -0.2) is 8.78 Å². The Morgan fingerprint density at radius 1 is 1.00 bits per heavy atom. The number of halogens is 2. The number of hydrogen-bond acceptors (Lipinski definition) is 2. The summed E-state index contributed by atoms with van der Waals surface area (Å²) < 4.78 is 27.5. The van der Waals surface area contributed by atoms with Crippen molar-refractivity contribution in [2.45, 2.75) is 19.9 Å². The Balaban J connectivity index is 2.17. The van der Waals surface area contributed by atoms with Crippen LogP contribution in [-0.2, 0) is 0 Å². The van der Waals surface area contributed by atoms with Crippen LogP contribution in [0, 0.1) is 11.6 Å². The van der Waals surface area contributed by atoms with Crippen LogP contribution in [0.2, 0.25) is 0 Å². The molecule has 5 heteroatoms. The molecule has 1 atom stereocenters. The number of likely N-dealkylation sites (N-methyl/N-ethyl adjacent to an activating group) is 1. The third-order valence-electron chi connectivity index (χ3n) is 4.08. The smallest absolute Gasteiger partial charge is 0.257 e. The highest BCUT2D eigenvalue weighted by atomic mass is 19.1. The van der Waals surface area contributed by atoms with Crippen molar-refractivity contribution in [1.82, 2.24) is 10.2 Å². The molecule has 0 radical (unpaired) electrons. The molecule has 0 saturated heterocycles. The van der Waals surface area contributed by atoms with Crippen LogP contribution in [0.5, 0.6) is 0 Å². The Kier molecular flexibility index (Phi) is 6.44. The average molecular weight is 332 g/mol. The predicted molar refractivity (Wildman–Crippen MR) is 90.8 cm³/mol. The highest BCUT2D eigenvalue weighted by Gasteiger charge is 2.21. The van der Waals surface area contributed by atoms with Crippen molar-refractivity contribution in [3.8, 4) is 0 Å². The van der Waals surface area contributed by atoms with Gasteiger partial charge in [-0.1, -0.05) is 50.2 Å². The van der Waals surface area contributed by atoms with Crippen molar-refractivity contribution in [1.29, 1.82) is 0 Å². The molecular weight excluding hydrogens is 310 g/mol. The quantitative estimate of drug-likeness (QED) is 0.837. The Labute approximate surface area is 141 Å². The molecule has 0 aliphatic rings. The lowest BCUT2D eigenvalue weighted by Crippen LogP contribution is -2.38. The van der Waals surface area contributed by atoms with E-state index in [9.17, 15) is 13.6 Å². The average Bonchev–Trinajstić information content (AvgIpc) is 2.59. The second kappa shape index (κ2) is 8.55. The van der Waals surface area contributed by atoms with Gasteiger partial charge in [0.05, 0.1) is 6.04 Å². The highest BCUT2D eigenvalue weighted by Crippen LogP contribution is 2.20. The van der Waals surface area contributed by atoms with E-state index in [4.69, 9.17) is 0 Å². The molecule has 2 aromatic rings. The van der Waals surface area contributed by atoms with Crippen LogP contribution in [0.4, 0.5) is 8.78 Å². The first-order valence-corrected chi connectivity index (χ1v) is 8.09. The van der Waals surface area contributed by atoms with E-state index >= 15 is 0 Å². The molecule has 0 aliphatic carbocycles. The molecule has 0 fully saturated rings. The van der Waals surface area contributed by atoms with Gasteiger partial charge < -0.3 is 5.32 Å². The molecule has 1 N–H and O–H groups in total.